The Bertz CT molecular complexity index is 1220. The zero-order chi connectivity index (χ0) is 24.6. The number of hydrogen-bond acceptors (Lipinski definition) is 6. The Labute approximate surface area is 204 Å². The van der Waals surface area contributed by atoms with E-state index in [-0.39, 0.29) is 0 Å². The number of methoxy groups -OCH3 is 1. The summed E-state index contributed by atoms with van der Waals surface area (Å²) in [5.74, 6) is 1.86. The molecule has 3 aromatic carbocycles. The molecular formula is C27H29N3O5. The lowest BCUT2D eigenvalue weighted by Gasteiger charge is -2.22. The fourth-order valence-electron chi connectivity index (χ4n) is 3.66. The number of ether oxygens (including phenoxy) is 3. The smallest absolute Gasteiger partial charge is 0.344 e. The van der Waals surface area contributed by atoms with Crippen molar-refractivity contribution in [2.24, 2.45) is 0 Å². The Kier molecular flexibility index (Phi) is 7.72. The monoisotopic (exact) mass is 475 g/mol. The van der Waals surface area contributed by atoms with Crippen molar-refractivity contribution >= 4 is 23.0 Å². The molecule has 4 rings (SSSR count). The van der Waals surface area contributed by atoms with Crippen molar-refractivity contribution < 1.29 is 24.1 Å². The maximum atomic E-state index is 11.2. The third-order valence-electron chi connectivity index (χ3n) is 5.51. The molecule has 1 aromatic heterocycles. The number of fused-ring (bicyclic) bond motifs is 1. The van der Waals surface area contributed by atoms with E-state index in [1.54, 1.807) is 13.2 Å². The van der Waals surface area contributed by atoms with Gasteiger partial charge >= 0.3 is 5.97 Å². The van der Waals surface area contributed by atoms with E-state index < -0.39 is 12.1 Å². The number of carboxylic acid groups (broad SMARTS) is 1. The molecule has 2 N–H and O–H groups in total. The van der Waals surface area contributed by atoms with Gasteiger partial charge in [-0.15, -0.1) is 0 Å². The lowest BCUT2D eigenvalue weighted by atomic mass is 10.2. The zero-order valence-electron chi connectivity index (χ0n) is 19.8. The molecule has 1 heterocycles. The van der Waals surface area contributed by atoms with E-state index in [1.807, 2.05) is 66.7 Å². The normalized spacial score (nSPS) is 11.7. The van der Waals surface area contributed by atoms with Gasteiger partial charge in [0.05, 0.1) is 24.8 Å². The maximum Gasteiger partial charge on any atom is 0.344 e. The van der Waals surface area contributed by atoms with Crippen LogP contribution in [0.4, 0.5) is 5.95 Å². The summed E-state index contributed by atoms with van der Waals surface area (Å²) in [5, 5.41) is 9.14. The van der Waals surface area contributed by atoms with Gasteiger partial charge in [-0.05, 0) is 67.4 Å². The second-order valence-corrected chi connectivity index (χ2v) is 8.12. The molecule has 8 heteroatoms. The maximum absolute atomic E-state index is 11.2. The van der Waals surface area contributed by atoms with Crippen molar-refractivity contribution in [3.8, 4) is 17.2 Å². The molecule has 0 saturated heterocycles. The van der Waals surface area contributed by atoms with Crippen LogP contribution in [0.1, 0.15) is 18.9 Å². The number of anilines is 1. The van der Waals surface area contributed by atoms with Gasteiger partial charge in [-0.1, -0.05) is 24.3 Å². The highest BCUT2D eigenvalue weighted by atomic mass is 16.5. The summed E-state index contributed by atoms with van der Waals surface area (Å²) >= 11 is 0. The highest BCUT2D eigenvalue weighted by molar-refractivity contribution is 5.77. The number of rotatable bonds is 12. The van der Waals surface area contributed by atoms with Gasteiger partial charge in [-0.25, -0.2) is 9.78 Å². The molecular weight excluding hydrogens is 446 g/mol. The highest BCUT2D eigenvalue weighted by Gasteiger charge is 2.15. The number of carbonyl (C=O) groups is 1. The topological polar surface area (TPSA) is 96.9 Å². The van der Waals surface area contributed by atoms with Crippen molar-refractivity contribution in [2.45, 2.75) is 26.0 Å². The Balaban J connectivity index is 1.45. The average Bonchev–Trinajstić information content (AvgIpc) is 3.30. The fraction of sp³-hybridized carbons (Fsp3) is 0.259. The van der Waals surface area contributed by atoms with Crippen LogP contribution in [-0.4, -0.2) is 47.4 Å². The Morgan fingerprint density at radius 2 is 1.80 bits per heavy atom. The molecule has 0 fully saturated rings. The number of aromatic amines is 1. The van der Waals surface area contributed by atoms with Gasteiger partial charge in [0.2, 0.25) is 5.95 Å². The Morgan fingerprint density at radius 1 is 1.03 bits per heavy atom. The number of benzene rings is 3. The van der Waals surface area contributed by atoms with Gasteiger partial charge in [-0.3, -0.25) is 0 Å². The molecule has 0 radical (unpaired) electrons. The van der Waals surface area contributed by atoms with Crippen LogP contribution in [0.15, 0.2) is 72.8 Å². The van der Waals surface area contributed by atoms with Crippen LogP contribution in [0.3, 0.4) is 0 Å². The van der Waals surface area contributed by atoms with E-state index >= 15 is 0 Å². The van der Waals surface area contributed by atoms with Gasteiger partial charge in [0.15, 0.2) is 6.10 Å². The molecule has 0 saturated carbocycles. The van der Waals surface area contributed by atoms with Gasteiger partial charge < -0.3 is 29.2 Å². The van der Waals surface area contributed by atoms with Crippen LogP contribution in [0.25, 0.3) is 11.0 Å². The standard InChI is InChI=1S/C27H29N3O5/c1-19(26(31)32)35-23-8-5-7-20(17-23)18-30(27-28-24-9-3-4-10-25(24)29-27)15-6-16-34-22-13-11-21(33-2)12-14-22/h3-5,7-14,17,19H,6,15-16,18H2,1-2H3,(H,28,29)(H,31,32). The molecule has 0 spiro atoms. The van der Waals surface area contributed by atoms with E-state index in [9.17, 15) is 4.79 Å². The summed E-state index contributed by atoms with van der Waals surface area (Å²) in [6.45, 7) is 3.33. The average molecular weight is 476 g/mol. The fourth-order valence-corrected chi connectivity index (χ4v) is 3.66. The molecule has 8 nitrogen and oxygen atoms in total. The number of imidazole rings is 1. The van der Waals surface area contributed by atoms with Crippen molar-refractivity contribution in [1.29, 1.82) is 0 Å². The minimum atomic E-state index is -1.00. The lowest BCUT2D eigenvalue weighted by molar-refractivity contribution is -0.144. The van der Waals surface area contributed by atoms with E-state index in [0.29, 0.717) is 25.4 Å². The molecule has 0 amide bonds. The van der Waals surface area contributed by atoms with Gasteiger partial charge in [0.1, 0.15) is 17.2 Å². The molecule has 0 aliphatic heterocycles. The number of aliphatic carboxylic acids is 1. The summed E-state index contributed by atoms with van der Waals surface area (Å²) in [6.07, 6.45) is -0.151. The number of aromatic nitrogens is 2. The third kappa shape index (κ3) is 6.44. The second-order valence-electron chi connectivity index (χ2n) is 8.12. The number of nitrogens with zero attached hydrogens (tertiary/aromatic N) is 2. The van der Waals surface area contributed by atoms with Crippen LogP contribution in [0, 0.1) is 0 Å². The predicted molar refractivity (Wildman–Crippen MR) is 134 cm³/mol. The molecule has 0 bridgehead atoms. The summed E-state index contributed by atoms with van der Waals surface area (Å²) in [5.41, 5.74) is 2.85. The number of carboxylic acids is 1. The van der Waals surface area contributed by atoms with Gasteiger partial charge in [-0.2, -0.15) is 0 Å². The van der Waals surface area contributed by atoms with Gasteiger partial charge in [0.25, 0.3) is 0 Å². The molecule has 1 atom stereocenters. The zero-order valence-corrected chi connectivity index (χ0v) is 19.8. The van der Waals surface area contributed by atoms with Crippen molar-refractivity contribution in [1.82, 2.24) is 9.97 Å². The third-order valence-corrected chi connectivity index (χ3v) is 5.51. The Morgan fingerprint density at radius 3 is 2.54 bits per heavy atom. The first-order valence-electron chi connectivity index (χ1n) is 11.5. The van der Waals surface area contributed by atoms with Crippen LogP contribution >= 0.6 is 0 Å². The molecule has 35 heavy (non-hydrogen) atoms. The van der Waals surface area contributed by atoms with E-state index in [2.05, 4.69) is 9.88 Å². The number of hydrogen-bond donors (Lipinski definition) is 2. The second kappa shape index (κ2) is 11.3. The highest BCUT2D eigenvalue weighted by Crippen LogP contribution is 2.22. The summed E-state index contributed by atoms with van der Waals surface area (Å²) in [7, 11) is 1.64. The van der Waals surface area contributed by atoms with E-state index in [1.165, 1.54) is 6.92 Å². The van der Waals surface area contributed by atoms with E-state index in [4.69, 9.17) is 24.3 Å². The number of para-hydroxylation sites is 2. The molecule has 182 valence electrons. The summed E-state index contributed by atoms with van der Waals surface area (Å²) in [4.78, 5) is 21.5. The summed E-state index contributed by atoms with van der Waals surface area (Å²) < 4.78 is 16.6. The largest absolute Gasteiger partial charge is 0.497 e. The minimum absolute atomic E-state index is 0.518. The molecule has 0 aliphatic rings. The SMILES string of the molecule is COc1ccc(OCCCN(Cc2cccc(OC(C)C(=O)O)c2)c2nc3ccccc3[nH]2)cc1. The van der Waals surface area contributed by atoms with Crippen molar-refractivity contribution in [3.63, 3.8) is 0 Å². The first-order chi connectivity index (χ1) is 17.0. The van der Waals surface area contributed by atoms with Crippen molar-refractivity contribution in [3.05, 3.63) is 78.4 Å². The van der Waals surface area contributed by atoms with Crippen LogP contribution in [-0.2, 0) is 11.3 Å². The van der Waals surface area contributed by atoms with E-state index in [0.717, 1.165) is 40.5 Å². The lowest BCUT2D eigenvalue weighted by Crippen LogP contribution is -2.26. The molecule has 0 aliphatic carbocycles. The molecule has 4 aromatic rings. The quantitative estimate of drug-likeness (QED) is 0.281. The first-order valence-corrected chi connectivity index (χ1v) is 11.5. The van der Waals surface area contributed by atoms with Gasteiger partial charge in [0, 0.05) is 13.1 Å². The Hall–Kier alpha value is -4.20. The molecule has 1 unspecified atom stereocenters. The van der Waals surface area contributed by atoms with Crippen LogP contribution in [0.2, 0.25) is 0 Å². The summed E-state index contributed by atoms with van der Waals surface area (Å²) in [6, 6.07) is 22.9. The van der Waals surface area contributed by atoms with Crippen LogP contribution in [0.5, 0.6) is 17.2 Å². The first kappa shape index (κ1) is 23.9. The minimum Gasteiger partial charge on any atom is -0.497 e. The predicted octanol–water partition coefficient (Wildman–Crippen LogP) is 4.90. The number of nitrogens with one attached hydrogen (secondary N) is 1. The number of H-pyrrole nitrogens is 1. The van der Waals surface area contributed by atoms with Crippen LogP contribution < -0.4 is 19.1 Å². The van der Waals surface area contributed by atoms with Crippen molar-refractivity contribution in [2.75, 3.05) is 25.2 Å².